The first kappa shape index (κ1) is 16.2. The highest BCUT2D eigenvalue weighted by atomic mass is 19.1. The number of amides is 2. The molecule has 27 heavy (non-hydrogen) atoms. The molecule has 2 aliphatic heterocycles. The molecule has 2 aromatic carbocycles. The van der Waals surface area contributed by atoms with Gasteiger partial charge < -0.3 is 25.0 Å². The molecule has 1 saturated carbocycles. The highest BCUT2D eigenvalue weighted by Crippen LogP contribution is 2.46. The highest BCUT2D eigenvalue weighted by molar-refractivity contribution is 5.90. The lowest BCUT2D eigenvalue weighted by Crippen LogP contribution is -2.37. The second kappa shape index (κ2) is 6.33. The molecule has 0 radical (unpaired) electrons. The molecule has 2 amide bonds. The van der Waals surface area contributed by atoms with Crippen molar-refractivity contribution in [3.05, 3.63) is 48.3 Å². The average molecular weight is 369 g/mol. The fraction of sp³-hybridized carbons (Fsp3) is 0.350. The van der Waals surface area contributed by atoms with Crippen LogP contribution in [0.5, 0.6) is 11.5 Å². The summed E-state index contributed by atoms with van der Waals surface area (Å²) in [5, 5.41) is 5.92. The Labute approximate surface area is 156 Å². The van der Waals surface area contributed by atoms with Crippen molar-refractivity contribution >= 4 is 17.4 Å². The summed E-state index contributed by atoms with van der Waals surface area (Å²) in [6.07, 6.45) is 0. The number of hydrogen-bond donors (Lipinski definition) is 2. The van der Waals surface area contributed by atoms with Gasteiger partial charge in [-0.15, -0.1) is 0 Å². The molecule has 2 heterocycles. The number of carbonyl (C=O) groups excluding carboxylic acids is 1. The standard InChI is InChI=1S/C20H20FN3O3/c21-12-1-4-14(5-2-12)24-10-15-16(11-24)19(15)23-20(25)22-13-3-6-17-18(9-13)27-8-7-26-17/h1-6,9,15-16,19H,7-8,10-11H2,(H2,22,23,25)/t15-,16+,19+. The summed E-state index contributed by atoms with van der Waals surface area (Å²) in [6, 6.07) is 11.9. The summed E-state index contributed by atoms with van der Waals surface area (Å²) < 4.78 is 24.1. The van der Waals surface area contributed by atoms with Gasteiger partial charge in [0.15, 0.2) is 11.5 Å². The molecular formula is C20H20FN3O3. The van der Waals surface area contributed by atoms with E-state index in [2.05, 4.69) is 15.5 Å². The molecule has 0 bridgehead atoms. The summed E-state index contributed by atoms with van der Waals surface area (Å²) in [7, 11) is 0. The van der Waals surface area contributed by atoms with Gasteiger partial charge >= 0.3 is 6.03 Å². The predicted octanol–water partition coefficient (Wildman–Crippen LogP) is 2.85. The molecule has 3 atom stereocenters. The number of halogens is 1. The Hall–Kier alpha value is -2.96. The molecule has 3 aliphatic rings. The van der Waals surface area contributed by atoms with Crippen molar-refractivity contribution in [2.24, 2.45) is 11.8 Å². The third-order valence-electron chi connectivity index (χ3n) is 5.48. The topological polar surface area (TPSA) is 62.8 Å². The van der Waals surface area contributed by atoms with Crippen LogP contribution in [0.2, 0.25) is 0 Å². The van der Waals surface area contributed by atoms with E-state index in [0.717, 1.165) is 18.8 Å². The number of anilines is 2. The SMILES string of the molecule is O=C(Nc1ccc2c(c1)OCCO2)N[C@H]1[C@@H]2CN(c3ccc(F)cc3)C[C@@H]21. The number of hydrogen-bond acceptors (Lipinski definition) is 4. The van der Waals surface area contributed by atoms with E-state index in [1.807, 2.05) is 0 Å². The van der Waals surface area contributed by atoms with Crippen molar-refractivity contribution in [2.45, 2.75) is 6.04 Å². The first-order valence-corrected chi connectivity index (χ1v) is 9.15. The van der Waals surface area contributed by atoms with Crippen LogP contribution in [-0.4, -0.2) is 38.4 Å². The second-order valence-corrected chi connectivity index (χ2v) is 7.19. The van der Waals surface area contributed by atoms with Crippen molar-refractivity contribution in [3.8, 4) is 11.5 Å². The van der Waals surface area contributed by atoms with E-state index in [9.17, 15) is 9.18 Å². The van der Waals surface area contributed by atoms with Crippen LogP contribution in [0, 0.1) is 17.7 Å². The minimum atomic E-state index is -0.224. The van der Waals surface area contributed by atoms with Gasteiger partial charge in [0.2, 0.25) is 0 Å². The minimum absolute atomic E-state index is 0.193. The molecule has 5 rings (SSSR count). The number of fused-ring (bicyclic) bond motifs is 2. The Morgan fingerprint density at radius 3 is 2.44 bits per heavy atom. The largest absolute Gasteiger partial charge is 0.486 e. The van der Waals surface area contributed by atoms with Gasteiger partial charge in [0.25, 0.3) is 0 Å². The van der Waals surface area contributed by atoms with E-state index in [-0.39, 0.29) is 17.9 Å². The van der Waals surface area contributed by atoms with Gasteiger partial charge in [-0.2, -0.15) is 0 Å². The third kappa shape index (κ3) is 3.13. The Kier molecular flexibility index (Phi) is 3.81. The van der Waals surface area contributed by atoms with Crippen molar-refractivity contribution in [3.63, 3.8) is 0 Å². The zero-order valence-electron chi connectivity index (χ0n) is 14.7. The lowest BCUT2D eigenvalue weighted by molar-refractivity contribution is 0.171. The number of nitrogens with one attached hydrogen (secondary N) is 2. The van der Waals surface area contributed by atoms with Crippen LogP contribution in [0.25, 0.3) is 0 Å². The van der Waals surface area contributed by atoms with Crippen molar-refractivity contribution < 1.29 is 18.7 Å². The van der Waals surface area contributed by atoms with Crippen LogP contribution in [-0.2, 0) is 0 Å². The monoisotopic (exact) mass is 369 g/mol. The lowest BCUT2D eigenvalue weighted by Gasteiger charge is -2.22. The van der Waals surface area contributed by atoms with Crippen LogP contribution in [0.1, 0.15) is 0 Å². The molecule has 2 aromatic rings. The van der Waals surface area contributed by atoms with Crippen molar-refractivity contribution in [1.29, 1.82) is 0 Å². The van der Waals surface area contributed by atoms with E-state index in [1.54, 1.807) is 30.3 Å². The minimum Gasteiger partial charge on any atom is -0.486 e. The first-order chi connectivity index (χ1) is 13.2. The van der Waals surface area contributed by atoms with Crippen molar-refractivity contribution in [1.82, 2.24) is 5.32 Å². The van der Waals surface area contributed by atoms with Crippen LogP contribution in [0.4, 0.5) is 20.6 Å². The fourth-order valence-electron chi connectivity index (χ4n) is 4.04. The number of rotatable bonds is 3. The number of urea groups is 1. The van der Waals surface area contributed by atoms with Crippen LogP contribution < -0.4 is 25.0 Å². The summed E-state index contributed by atoms with van der Waals surface area (Å²) in [4.78, 5) is 14.5. The fourth-order valence-corrected chi connectivity index (χ4v) is 4.04. The Morgan fingerprint density at radius 1 is 1.00 bits per heavy atom. The maximum Gasteiger partial charge on any atom is 0.319 e. The van der Waals surface area contributed by atoms with Crippen molar-refractivity contribution in [2.75, 3.05) is 36.5 Å². The lowest BCUT2D eigenvalue weighted by atomic mass is 10.2. The van der Waals surface area contributed by atoms with Gasteiger partial charge in [-0.3, -0.25) is 0 Å². The van der Waals surface area contributed by atoms with E-state index < -0.39 is 0 Å². The number of nitrogens with zero attached hydrogens (tertiary/aromatic N) is 1. The van der Waals surface area contributed by atoms with Gasteiger partial charge in [0.05, 0.1) is 0 Å². The quantitative estimate of drug-likeness (QED) is 0.873. The highest BCUT2D eigenvalue weighted by Gasteiger charge is 2.56. The van der Waals surface area contributed by atoms with Gasteiger partial charge in [0, 0.05) is 48.4 Å². The molecule has 7 heteroatoms. The van der Waals surface area contributed by atoms with Gasteiger partial charge in [-0.05, 0) is 36.4 Å². The van der Waals surface area contributed by atoms with Crippen LogP contribution >= 0.6 is 0 Å². The first-order valence-electron chi connectivity index (χ1n) is 9.15. The molecule has 2 fully saturated rings. The van der Waals surface area contributed by atoms with E-state index in [0.29, 0.717) is 42.2 Å². The maximum absolute atomic E-state index is 13.0. The summed E-state index contributed by atoms with van der Waals surface area (Å²) in [5.41, 5.74) is 1.71. The summed E-state index contributed by atoms with van der Waals surface area (Å²) in [5.74, 6) is 2.02. The van der Waals surface area contributed by atoms with Gasteiger partial charge in [-0.1, -0.05) is 0 Å². The average Bonchev–Trinajstić information content (AvgIpc) is 3.11. The second-order valence-electron chi connectivity index (χ2n) is 7.19. The molecule has 1 saturated heterocycles. The number of carbonyl (C=O) groups is 1. The van der Waals surface area contributed by atoms with E-state index in [4.69, 9.17) is 9.47 Å². The van der Waals surface area contributed by atoms with Gasteiger partial charge in [-0.25, -0.2) is 9.18 Å². The summed E-state index contributed by atoms with van der Waals surface area (Å²) >= 11 is 0. The van der Waals surface area contributed by atoms with Crippen LogP contribution in [0.15, 0.2) is 42.5 Å². The molecular weight excluding hydrogens is 349 g/mol. The number of piperidine rings is 1. The Bertz CT molecular complexity index is 861. The van der Waals surface area contributed by atoms with E-state index >= 15 is 0 Å². The third-order valence-corrected chi connectivity index (χ3v) is 5.48. The molecule has 0 spiro atoms. The number of benzene rings is 2. The van der Waals surface area contributed by atoms with Gasteiger partial charge in [0.1, 0.15) is 19.0 Å². The zero-order valence-corrected chi connectivity index (χ0v) is 14.7. The normalized spacial score (nSPS) is 24.9. The predicted molar refractivity (Wildman–Crippen MR) is 99.0 cm³/mol. The maximum atomic E-state index is 13.0. The smallest absolute Gasteiger partial charge is 0.319 e. The van der Waals surface area contributed by atoms with Crippen LogP contribution in [0.3, 0.4) is 0 Å². The Balaban J connectivity index is 1.14. The zero-order chi connectivity index (χ0) is 18.4. The molecule has 6 nitrogen and oxygen atoms in total. The van der Waals surface area contributed by atoms with E-state index in [1.165, 1.54) is 12.1 Å². The number of ether oxygens (including phenoxy) is 2. The molecule has 1 aliphatic carbocycles. The molecule has 2 N–H and O–H groups in total. The summed E-state index contributed by atoms with van der Waals surface area (Å²) in [6.45, 7) is 2.81. The molecule has 140 valence electrons. The molecule has 0 aromatic heterocycles. The Morgan fingerprint density at radius 2 is 1.70 bits per heavy atom. The molecule has 0 unspecified atom stereocenters.